The molecule has 1 aliphatic heterocycles. The first-order valence-electron chi connectivity index (χ1n) is 6.09. The Hall–Kier alpha value is -1.57. The maximum Gasteiger partial charge on any atom is 0.0597 e. The largest absolute Gasteiger partial charge is 0.346 e. The molecule has 0 amide bonds. The predicted molar refractivity (Wildman–Crippen MR) is 75.8 cm³/mol. The second kappa shape index (κ2) is 6.24. The Morgan fingerprint density at radius 3 is 2.76 bits per heavy atom. The van der Waals surface area contributed by atoms with Crippen molar-refractivity contribution in [3.05, 3.63) is 48.0 Å². The molecule has 0 atom stereocenters. The first kappa shape index (κ1) is 13.5. The number of hydrogen-bond acceptors (Lipinski definition) is 2. The monoisotopic (exact) mass is 230 g/mol. The van der Waals surface area contributed by atoms with Crippen LogP contribution in [0.15, 0.2) is 53.0 Å². The van der Waals surface area contributed by atoms with E-state index in [9.17, 15) is 0 Å². The molecule has 0 fully saturated rings. The van der Waals surface area contributed by atoms with Crippen molar-refractivity contribution in [2.24, 2.45) is 10.9 Å². The molecule has 1 heterocycles. The summed E-state index contributed by atoms with van der Waals surface area (Å²) in [7, 11) is 0. The van der Waals surface area contributed by atoms with Crippen molar-refractivity contribution < 1.29 is 0 Å². The van der Waals surface area contributed by atoms with E-state index in [0.717, 1.165) is 24.2 Å². The molecule has 0 aliphatic carbocycles. The van der Waals surface area contributed by atoms with Gasteiger partial charge in [-0.25, -0.2) is 0 Å². The van der Waals surface area contributed by atoms with Crippen LogP contribution in [0.5, 0.6) is 0 Å². The summed E-state index contributed by atoms with van der Waals surface area (Å²) in [6, 6.07) is 0. The maximum absolute atomic E-state index is 4.07. The Morgan fingerprint density at radius 2 is 2.24 bits per heavy atom. The van der Waals surface area contributed by atoms with Crippen molar-refractivity contribution in [1.82, 2.24) is 4.90 Å². The van der Waals surface area contributed by atoms with E-state index in [4.69, 9.17) is 0 Å². The average molecular weight is 230 g/mol. The zero-order chi connectivity index (χ0) is 12.8. The van der Waals surface area contributed by atoms with Gasteiger partial charge in [-0.2, -0.15) is 0 Å². The third-order valence-corrected chi connectivity index (χ3v) is 2.69. The molecule has 2 nitrogen and oxygen atoms in total. The fourth-order valence-electron chi connectivity index (χ4n) is 1.74. The number of allylic oxidation sites excluding steroid dienone is 4. The molecule has 0 aromatic carbocycles. The summed E-state index contributed by atoms with van der Waals surface area (Å²) in [6.45, 7) is 15.1. The molecule has 92 valence electrons. The van der Waals surface area contributed by atoms with Crippen LogP contribution in [0.3, 0.4) is 0 Å². The highest BCUT2D eigenvalue weighted by atomic mass is 15.1. The van der Waals surface area contributed by atoms with Crippen molar-refractivity contribution in [2.45, 2.75) is 27.2 Å². The van der Waals surface area contributed by atoms with Gasteiger partial charge in [0, 0.05) is 18.9 Å². The number of hydrogen-bond donors (Lipinski definition) is 0. The molecule has 0 spiro atoms. The fraction of sp³-hybridized carbons (Fsp3) is 0.400. The molecule has 0 bridgehead atoms. The van der Waals surface area contributed by atoms with Crippen LogP contribution in [0.25, 0.3) is 0 Å². The minimum atomic E-state index is 0.609. The van der Waals surface area contributed by atoms with Crippen molar-refractivity contribution >= 4 is 6.72 Å². The second-order valence-electron chi connectivity index (χ2n) is 4.66. The SMILES string of the molecule is C=N/C=C1/C=C(C(=C)CC)C=CN1CC(C)C. The summed E-state index contributed by atoms with van der Waals surface area (Å²) in [4.78, 5) is 6.07. The van der Waals surface area contributed by atoms with E-state index in [-0.39, 0.29) is 0 Å². The summed E-state index contributed by atoms with van der Waals surface area (Å²) in [5.41, 5.74) is 3.42. The van der Waals surface area contributed by atoms with Gasteiger partial charge in [0.25, 0.3) is 0 Å². The Bertz CT molecular complexity index is 384. The lowest BCUT2D eigenvalue weighted by Crippen LogP contribution is -2.23. The average Bonchev–Trinajstić information content (AvgIpc) is 2.30. The topological polar surface area (TPSA) is 15.6 Å². The third kappa shape index (κ3) is 3.74. The third-order valence-electron chi connectivity index (χ3n) is 2.69. The van der Waals surface area contributed by atoms with Crippen LogP contribution < -0.4 is 0 Å². The van der Waals surface area contributed by atoms with Gasteiger partial charge in [0.2, 0.25) is 0 Å². The van der Waals surface area contributed by atoms with Crippen LogP contribution in [-0.4, -0.2) is 18.2 Å². The van der Waals surface area contributed by atoms with Gasteiger partial charge < -0.3 is 4.90 Å². The van der Waals surface area contributed by atoms with Gasteiger partial charge in [-0.3, -0.25) is 4.99 Å². The normalized spacial score (nSPS) is 17.5. The van der Waals surface area contributed by atoms with E-state index in [1.54, 1.807) is 6.20 Å². The highest BCUT2D eigenvalue weighted by molar-refractivity contribution is 5.46. The van der Waals surface area contributed by atoms with Crippen LogP contribution in [0.1, 0.15) is 27.2 Å². The van der Waals surface area contributed by atoms with Gasteiger partial charge in [0.1, 0.15) is 0 Å². The molecule has 0 saturated heterocycles. The molecular weight excluding hydrogens is 208 g/mol. The zero-order valence-electron chi connectivity index (χ0n) is 11.1. The molecule has 1 aliphatic rings. The molecule has 0 saturated carbocycles. The second-order valence-corrected chi connectivity index (χ2v) is 4.66. The molecule has 0 radical (unpaired) electrons. The molecule has 17 heavy (non-hydrogen) atoms. The van der Waals surface area contributed by atoms with Crippen LogP contribution >= 0.6 is 0 Å². The molecule has 1 rings (SSSR count). The first-order valence-corrected chi connectivity index (χ1v) is 6.09. The van der Waals surface area contributed by atoms with Crippen molar-refractivity contribution in [3.8, 4) is 0 Å². The lowest BCUT2D eigenvalue weighted by atomic mass is 10.0. The number of nitrogens with zero attached hydrogens (tertiary/aromatic N) is 2. The van der Waals surface area contributed by atoms with Gasteiger partial charge in [-0.1, -0.05) is 27.4 Å². The van der Waals surface area contributed by atoms with E-state index in [2.05, 4.69) is 62.3 Å². The lowest BCUT2D eigenvalue weighted by molar-refractivity contribution is 0.402. The maximum atomic E-state index is 4.07. The minimum absolute atomic E-state index is 0.609. The van der Waals surface area contributed by atoms with Crippen molar-refractivity contribution in [1.29, 1.82) is 0 Å². The minimum Gasteiger partial charge on any atom is -0.346 e. The van der Waals surface area contributed by atoms with E-state index in [1.165, 1.54) is 5.57 Å². The lowest BCUT2D eigenvalue weighted by Gasteiger charge is -2.27. The van der Waals surface area contributed by atoms with Crippen LogP contribution in [-0.2, 0) is 0 Å². The quantitative estimate of drug-likeness (QED) is 0.654. The Kier molecular flexibility index (Phi) is 4.95. The fourth-order valence-corrected chi connectivity index (χ4v) is 1.74. The molecule has 0 unspecified atom stereocenters. The molecule has 0 N–H and O–H groups in total. The van der Waals surface area contributed by atoms with Crippen LogP contribution in [0.4, 0.5) is 0 Å². The Labute approximate surface area is 105 Å². The van der Waals surface area contributed by atoms with Crippen molar-refractivity contribution in [2.75, 3.05) is 6.54 Å². The van der Waals surface area contributed by atoms with Gasteiger partial charge in [0.15, 0.2) is 0 Å². The molecule has 2 heteroatoms. The summed E-state index contributed by atoms with van der Waals surface area (Å²) in [5.74, 6) is 0.609. The molecule has 0 aromatic rings. The molecular formula is C15H22N2. The number of aliphatic imine (C=N–C) groups is 1. The zero-order valence-corrected chi connectivity index (χ0v) is 11.1. The number of rotatable bonds is 5. The summed E-state index contributed by atoms with van der Waals surface area (Å²) in [6.07, 6.45) is 9.12. The van der Waals surface area contributed by atoms with Crippen molar-refractivity contribution in [3.63, 3.8) is 0 Å². The smallest absolute Gasteiger partial charge is 0.0597 e. The van der Waals surface area contributed by atoms with Crippen LogP contribution in [0, 0.1) is 5.92 Å². The van der Waals surface area contributed by atoms with Gasteiger partial charge >= 0.3 is 0 Å². The highest BCUT2D eigenvalue weighted by Gasteiger charge is 2.12. The van der Waals surface area contributed by atoms with E-state index >= 15 is 0 Å². The van der Waals surface area contributed by atoms with Gasteiger partial charge in [0.05, 0.1) is 5.70 Å². The standard InChI is InChI=1S/C15H22N2/c1-6-13(4)14-7-8-17(11-12(2)3)15(9-14)10-16-5/h7-10,12H,4-6,11H2,1-3H3/b15-10-. The van der Waals surface area contributed by atoms with E-state index < -0.39 is 0 Å². The first-order chi connectivity index (χ1) is 8.08. The predicted octanol–water partition coefficient (Wildman–Crippen LogP) is 3.91. The molecule has 0 aromatic heterocycles. The Morgan fingerprint density at radius 1 is 1.53 bits per heavy atom. The summed E-state index contributed by atoms with van der Waals surface area (Å²) in [5, 5.41) is 0. The van der Waals surface area contributed by atoms with Crippen LogP contribution in [0.2, 0.25) is 0 Å². The van der Waals surface area contributed by atoms with E-state index in [0.29, 0.717) is 5.92 Å². The summed E-state index contributed by atoms with van der Waals surface area (Å²) >= 11 is 0. The van der Waals surface area contributed by atoms with Gasteiger partial charge in [-0.05, 0) is 42.4 Å². The Balaban J connectivity index is 2.93. The summed E-state index contributed by atoms with van der Waals surface area (Å²) < 4.78 is 0. The van der Waals surface area contributed by atoms with Gasteiger partial charge in [-0.15, -0.1) is 0 Å². The van der Waals surface area contributed by atoms with E-state index in [1.807, 2.05) is 0 Å². The highest BCUT2D eigenvalue weighted by Crippen LogP contribution is 2.23.